The molecule has 0 aliphatic rings. The monoisotopic (exact) mass is 611 g/mol. The summed E-state index contributed by atoms with van der Waals surface area (Å²) in [5, 5.41) is 22.7. The topological polar surface area (TPSA) is 210 Å². The molecule has 0 fully saturated rings. The summed E-state index contributed by atoms with van der Waals surface area (Å²) in [6, 6.07) is 14.2. The number of nitrogens with two attached hydrogens (primary N) is 1. The Labute approximate surface area is 249 Å². The molecule has 43 heavy (non-hydrogen) atoms. The van der Waals surface area contributed by atoms with Gasteiger partial charge in [-0.1, -0.05) is 11.6 Å². The Morgan fingerprint density at radius 2 is 1.67 bits per heavy atom. The van der Waals surface area contributed by atoms with Crippen LogP contribution in [0.25, 0.3) is 0 Å². The molecule has 228 valence electrons. The minimum atomic E-state index is -3.89. The Morgan fingerprint density at radius 3 is 2.26 bits per heavy atom. The molecule has 0 aromatic heterocycles. The predicted molar refractivity (Wildman–Crippen MR) is 162 cm³/mol. The lowest BCUT2D eigenvalue weighted by atomic mass is 10.1. The Morgan fingerprint density at radius 1 is 1.00 bits per heavy atom. The number of carbonyl (C=O) groups is 3. The van der Waals surface area contributed by atoms with Crippen LogP contribution in [-0.4, -0.2) is 56.1 Å². The van der Waals surface area contributed by atoms with E-state index in [9.17, 15) is 27.9 Å². The van der Waals surface area contributed by atoms with Crippen molar-refractivity contribution < 1.29 is 37.4 Å². The number of nitrogens with one attached hydrogen (secondary N) is 4. The third kappa shape index (κ3) is 9.46. The van der Waals surface area contributed by atoms with E-state index in [0.29, 0.717) is 16.9 Å². The Balaban J connectivity index is 1.99. The minimum absolute atomic E-state index is 0.0307. The molecule has 3 rings (SSSR count). The predicted octanol–water partition coefficient (Wildman–Crippen LogP) is 3.08. The van der Waals surface area contributed by atoms with Gasteiger partial charge >= 0.3 is 5.97 Å². The second-order valence-electron chi connectivity index (χ2n) is 9.86. The quantitative estimate of drug-likeness (QED) is 0.123. The van der Waals surface area contributed by atoms with Crippen molar-refractivity contribution >= 4 is 45.0 Å². The van der Waals surface area contributed by atoms with E-state index in [0.717, 1.165) is 11.8 Å². The number of carboxylic acids is 1. The van der Waals surface area contributed by atoms with E-state index in [1.807, 2.05) is 11.6 Å². The van der Waals surface area contributed by atoms with Crippen LogP contribution < -0.4 is 30.6 Å². The maximum atomic E-state index is 13.3. The fourth-order valence-corrected chi connectivity index (χ4v) is 4.37. The van der Waals surface area contributed by atoms with E-state index < -0.39 is 40.5 Å². The van der Waals surface area contributed by atoms with E-state index in [1.54, 1.807) is 56.3 Å². The van der Waals surface area contributed by atoms with Crippen LogP contribution in [0, 0.1) is 12.3 Å². The summed E-state index contributed by atoms with van der Waals surface area (Å²) in [6.07, 6.45) is 0.434. The molecule has 7 N–H and O–H groups in total. The van der Waals surface area contributed by atoms with Gasteiger partial charge in [-0.25, -0.2) is 17.9 Å². The number of anilines is 2. The first-order valence-corrected chi connectivity index (χ1v) is 14.8. The van der Waals surface area contributed by atoms with Crippen molar-refractivity contribution in [2.45, 2.75) is 33.4 Å². The second-order valence-corrected chi connectivity index (χ2v) is 11.6. The van der Waals surface area contributed by atoms with E-state index in [1.165, 1.54) is 12.1 Å². The smallest absolute Gasteiger partial charge is 0.341 e. The number of hydrogen-bond acceptors (Lipinski definition) is 9. The number of carboxylic acid groups (broad SMARTS) is 1. The van der Waals surface area contributed by atoms with Gasteiger partial charge in [0.1, 0.15) is 5.84 Å². The number of aliphatic carboxylic acids is 1. The maximum Gasteiger partial charge on any atom is 0.341 e. The van der Waals surface area contributed by atoms with Gasteiger partial charge in [0, 0.05) is 34.6 Å². The van der Waals surface area contributed by atoms with Crippen molar-refractivity contribution in [3.63, 3.8) is 0 Å². The number of rotatable bonds is 13. The van der Waals surface area contributed by atoms with E-state index in [4.69, 9.17) is 20.6 Å². The first kappa shape index (κ1) is 32.4. The molecule has 3 aromatic carbocycles. The normalized spacial score (nSPS) is 11.0. The highest BCUT2D eigenvalue weighted by molar-refractivity contribution is 7.89. The number of sulfonamides is 1. The van der Waals surface area contributed by atoms with Crippen LogP contribution in [0.15, 0.2) is 54.6 Å². The van der Waals surface area contributed by atoms with E-state index in [2.05, 4.69) is 10.6 Å². The average Bonchev–Trinajstić information content (AvgIpc) is 2.90. The molecule has 13 nitrogen and oxygen atoms in total. The Hall–Kier alpha value is -5.11. The largest absolute Gasteiger partial charge is 0.487 e. The van der Waals surface area contributed by atoms with Crippen molar-refractivity contribution in [1.82, 2.24) is 4.72 Å². The van der Waals surface area contributed by atoms with Gasteiger partial charge in [0.05, 0.1) is 17.9 Å². The van der Waals surface area contributed by atoms with Gasteiger partial charge < -0.3 is 30.9 Å². The number of hydrogen-bond donors (Lipinski definition) is 6. The highest BCUT2D eigenvalue weighted by Gasteiger charge is 2.22. The van der Waals surface area contributed by atoms with E-state index in [-0.39, 0.29) is 40.6 Å². The molecule has 0 bridgehead atoms. The molecule has 0 aliphatic carbocycles. The molecule has 3 aromatic rings. The van der Waals surface area contributed by atoms with Gasteiger partial charge in [-0.05, 0) is 69.3 Å². The van der Waals surface area contributed by atoms with Crippen molar-refractivity contribution in [2.75, 3.05) is 23.5 Å². The molecule has 0 saturated heterocycles. The minimum Gasteiger partial charge on any atom is -0.487 e. The summed E-state index contributed by atoms with van der Waals surface area (Å²) >= 11 is 0. The molecule has 0 saturated carbocycles. The Kier molecular flexibility index (Phi) is 10.3. The summed E-state index contributed by atoms with van der Waals surface area (Å²) < 4.78 is 36.6. The van der Waals surface area contributed by atoms with Crippen molar-refractivity contribution in [2.24, 2.45) is 5.73 Å². The third-order valence-electron chi connectivity index (χ3n) is 5.72. The lowest BCUT2D eigenvalue weighted by molar-refractivity contribution is -0.139. The molecule has 0 spiro atoms. The lowest BCUT2D eigenvalue weighted by Gasteiger charge is -2.20. The average molecular weight is 612 g/mol. The first-order chi connectivity index (χ1) is 20.1. The molecule has 0 unspecified atom stereocenters. The van der Waals surface area contributed by atoms with Gasteiger partial charge in [-0.15, -0.1) is 0 Å². The number of carbonyl (C=O) groups excluding carboxylic acids is 2. The molecular formula is C29H33N5O8S. The van der Waals surface area contributed by atoms with Gasteiger partial charge in [-0.3, -0.25) is 15.0 Å². The van der Waals surface area contributed by atoms with Gasteiger partial charge in [-0.2, -0.15) is 0 Å². The second kappa shape index (κ2) is 13.7. The van der Waals surface area contributed by atoms with Gasteiger partial charge in [0.2, 0.25) is 10.0 Å². The number of ether oxygens (including phenoxy) is 2. The summed E-state index contributed by atoms with van der Waals surface area (Å²) in [4.78, 5) is 37.3. The standard InChI is InChI=1S/C29H33N5O8S/c1-16(2)42-24-13-19(28(37)34-43(4,39)40)12-20(26(24)41-15-25(35)36)14-32-23-10-5-17(3)11-22(23)29(38)33-21-8-6-18(7-9-21)27(30)31/h5-13,16,32H,14-15H2,1-4H3,(H3,30,31)(H,33,38)(H,34,37)(H,35,36). The molecule has 0 aliphatic heterocycles. The van der Waals surface area contributed by atoms with Gasteiger partial charge in [0.15, 0.2) is 18.1 Å². The summed E-state index contributed by atoms with van der Waals surface area (Å²) in [6.45, 7) is 4.47. The highest BCUT2D eigenvalue weighted by atomic mass is 32.2. The molecule has 2 amide bonds. The van der Waals surface area contributed by atoms with Crippen LogP contribution >= 0.6 is 0 Å². The van der Waals surface area contributed by atoms with Crippen LogP contribution in [0.3, 0.4) is 0 Å². The summed E-state index contributed by atoms with van der Waals surface area (Å²) in [5.41, 5.74) is 8.17. The van der Waals surface area contributed by atoms with E-state index >= 15 is 0 Å². The maximum absolute atomic E-state index is 13.3. The number of amides is 2. The lowest BCUT2D eigenvalue weighted by Crippen LogP contribution is -2.29. The first-order valence-electron chi connectivity index (χ1n) is 12.9. The van der Waals surface area contributed by atoms with Crippen LogP contribution in [-0.2, 0) is 21.4 Å². The fraction of sp³-hybridized carbons (Fsp3) is 0.241. The SMILES string of the molecule is Cc1ccc(NCc2cc(C(=O)NS(C)(=O)=O)cc(OC(C)C)c2OCC(=O)O)c(C(=O)Nc2ccc(C(=N)N)cc2)c1. The summed E-state index contributed by atoms with van der Waals surface area (Å²) in [5.74, 6) is -2.65. The fourth-order valence-electron chi connectivity index (χ4n) is 3.91. The number of benzene rings is 3. The van der Waals surface area contributed by atoms with Crippen molar-refractivity contribution in [1.29, 1.82) is 5.41 Å². The third-order valence-corrected chi connectivity index (χ3v) is 6.27. The molecule has 0 heterocycles. The van der Waals surface area contributed by atoms with Crippen LogP contribution in [0.1, 0.15) is 51.3 Å². The van der Waals surface area contributed by atoms with Crippen molar-refractivity contribution in [3.05, 3.63) is 82.4 Å². The van der Waals surface area contributed by atoms with Crippen LogP contribution in [0.2, 0.25) is 0 Å². The molecule has 0 radical (unpaired) electrons. The zero-order valence-electron chi connectivity index (χ0n) is 24.0. The zero-order valence-corrected chi connectivity index (χ0v) is 24.8. The molecule has 0 atom stereocenters. The molecular weight excluding hydrogens is 578 g/mol. The van der Waals surface area contributed by atoms with Crippen molar-refractivity contribution in [3.8, 4) is 11.5 Å². The highest BCUT2D eigenvalue weighted by Crippen LogP contribution is 2.35. The van der Waals surface area contributed by atoms with Crippen LogP contribution in [0.5, 0.6) is 11.5 Å². The summed E-state index contributed by atoms with van der Waals surface area (Å²) in [7, 11) is -3.89. The number of aryl methyl sites for hydroxylation is 1. The molecule has 14 heteroatoms. The zero-order chi connectivity index (χ0) is 31.9. The van der Waals surface area contributed by atoms with Crippen LogP contribution in [0.4, 0.5) is 11.4 Å². The number of nitrogen functional groups attached to an aromatic ring is 1. The number of amidine groups is 1. The van der Waals surface area contributed by atoms with Gasteiger partial charge in [0.25, 0.3) is 11.8 Å². The Bertz CT molecular complexity index is 1650.